The van der Waals surface area contributed by atoms with Crippen LogP contribution in [0.2, 0.25) is 0 Å². The lowest BCUT2D eigenvalue weighted by Crippen LogP contribution is -2.49. The zero-order valence-corrected chi connectivity index (χ0v) is 12.3. The Morgan fingerprint density at radius 3 is 2.40 bits per heavy atom. The Balaban J connectivity index is 1.64. The first-order valence-electron chi connectivity index (χ1n) is 7.56. The van der Waals surface area contributed by atoms with Crippen molar-refractivity contribution in [3.63, 3.8) is 0 Å². The van der Waals surface area contributed by atoms with Crippen LogP contribution in [0.25, 0.3) is 0 Å². The minimum absolute atomic E-state index is 0.0990. The van der Waals surface area contributed by atoms with E-state index in [9.17, 15) is 9.59 Å². The van der Waals surface area contributed by atoms with Gasteiger partial charge in [0.25, 0.3) is 0 Å². The zero-order chi connectivity index (χ0) is 14.4. The summed E-state index contributed by atoms with van der Waals surface area (Å²) in [5.74, 6) is 0.294. The predicted molar refractivity (Wildman–Crippen MR) is 75.3 cm³/mol. The molecule has 0 radical (unpaired) electrons. The van der Waals surface area contributed by atoms with Crippen molar-refractivity contribution >= 4 is 11.8 Å². The van der Waals surface area contributed by atoms with Gasteiger partial charge in [0, 0.05) is 39.1 Å². The van der Waals surface area contributed by atoms with E-state index in [1.165, 1.54) is 0 Å². The highest BCUT2D eigenvalue weighted by Crippen LogP contribution is 2.08. The molecule has 1 N–H and O–H groups in total. The topological polar surface area (TPSA) is 61.9 Å². The monoisotopic (exact) mass is 283 g/mol. The summed E-state index contributed by atoms with van der Waals surface area (Å²) in [5, 5.41) is 3.15. The lowest BCUT2D eigenvalue weighted by molar-refractivity contribution is -0.137. The number of hydrogen-bond donors (Lipinski definition) is 1. The van der Waals surface area contributed by atoms with Crippen molar-refractivity contribution in [2.75, 3.05) is 45.9 Å². The standard InChI is InChI=1S/C14H25N3O3/c1-12(14(19)17-8-10-20-11-9-17)15-5-4-13(18)16-6-2-3-7-16/h12,15H,2-11H2,1H3. The van der Waals surface area contributed by atoms with Crippen LogP contribution in [0.3, 0.4) is 0 Å². The van der Waals surface area contributed by atoms with Gasteiger partial charge in [-0.3, -0.25) is 9.59 Å². The van der Waals surface area contributed by atoms with E-state index < -0.39 is 0 Å². The van der Waals surface area contributed by atoms with Gasteiger partial charge in [-0.05, 0) is 19.8 Å². The number of morpholine rings is 1. The van der Waals surface area contributed by atoms with Gasteiger partial charge in [-0.25, -0.2) is 0 Å². The second-order valence-corrected chi connectivity index (χ2v) is 5.45. The molecular formula is C14H25N3O3. The summed E-state index contributed by atoms with van der Waals surface area (Å²) in [5.41, 5.74) is 0. The van der Waals surface area contributed by atoms with Crippen molar-refractivity contribution in [2.24, 2.45) is 0 Å². The summed E-state index contributed by atoms with van der Waals surface area (Å²) < 4.78 is 5.23. The van der Waals surface area contributed by atoms with Crippen LogP contribution in [0.15, 0.2) is 0 Å². The molecule has 0 aromatic heterocycles. The van der Waals surface area contributed by atoms with Crippen molar-refractivity contribution in [1.82, 2.24) is 15.1 Å². The summed E-state index contributed by atoms with van der Waals surface area (Å²) in [7, 11) is 0. The van der Waals surface area contributed by atoms with Crippen LogP contribution in [0, 0.1) is 0 Å². The molecule has 0 aromatic rings. The lowest BCUT2D eigenvalue weighted by atomic mass is 10.2. The van der Waals surface area contributed by atoms with Crippen molar-refractivity contribution in [1.29, 1.82) is 0 Å². The molecule has 2 rings (SSSR count). The minimum Gasteiger partial charge on any atom is -0.378 e. The van der Waals surface area contributed by atoms with E-state index in [1.54, 1.807) is 0 Å². The second-order valence-electron chi connectivity index (χ2n) is 5.45. The molecule has 2 heterocycles. The van der Waals surface area contributed by atoms with Gasteiger partial charge in [0.1, 0.15) is 0 Å². The Labute approximate surface area is 120 Å². The molecule has 6 nitrogen and oxygen atoms in total. The summed E-state index contributed by atoms with van der Waals surface area (Å²) in [6.07, 6.45) is 2.71. The normalized spacial score (nSPS) is 21.1. The number of likely N-dealkylation sites (tertiary alicyclic amines) is 1. The number of nitrogens with zero attached hydrogens (tertiary/aromatic N) is 2. The summed E-state index contributed by atoms with van der Waals surface area (Å²) in [6, 6.07) is -0.237. The molecule has 1 atom stereocenters. The highest BCUT2D eigenvalue weighted by atomic mass is 16.5. The molecule has 2 fully saturated rings. The molecule has 2 aliphatic heterocycles. The fraction of sp³-hybridized carbons (Fsp3) is 0.857. The van der Waals surface area contributed by atoms with Crippen LogP contribution in [-0.4, -0.2) is 73.6 Å². The Morgan fingerprint density at radius 2 is 1.75 bits per heavy atom. The van der Waals surface area contributed by atoms with Gasteiger partial charge in [0.2, 0.25) is 11.8 Å². The fourth-order valence-corrected chi connectivity index (χ4v) is 2.67. The van der Waals surface area contributed by atoms with Gasteiger partial charge in [-0.1, -0.05) is 0 Å². The number of ether oxygens (including phenoxy) is 1. The molecule has 0 aromatic carbocycles. The van der Waals surface area contributed by atoms with Gasteiger partial charge in [-0.2, -0.15) is 0 Å². The smallest absolute Gasteiger partial charge is 0.239 e. The average Bonchev–Trinajstić information content (AvgIpc) is 3.01. The summed E-state index contributed by atoms with van der Waals surface area (Å²) in [6.45, 7) is 6.76. The molecule has 0 bridgehead atoms. The number of carbonyl (C=O) groups excluding carboxylic acids is 2. The van der Waals surface area contributed by atoms with Gasteiger partial charge >= 0.3 is 0 Å². The van der Waals surface area contributed by atoms with Gasteiger partial charge in [0.15, 0.2) is 0 Å². The number of rotatable bonds is 5. The SMILES string of the molecule is CC(NCCC(=O)N1CCCC1)C(=O)N1CCOCC1. The van der Waals surface area contributed by atoms with E-state index in [0.29, 0.717) is 39.3 Å². The summed E-state index contributed by atoms with van der Waals surface area (Å²) in [4.78, 5) is 27.8. The maximum Gasteiger partial charge on any atom is 0.239 e. The van der Waals surface area contributed by atoms with Crippen LogP contribution in [-0.2, 0) is 14.3 Å². The Bertz CT molecular complexity index is 337. The Hall–Kier alpha value is -1.14. The molecule has 2 saturated heterocycles. The quantitative estimate of drug-likeness (QED) is 0.761. The molecule has 1 unspecified atom stereocenters. The van der Waals surface area contributed by atoms with Crippen LogP contribution in [0.5, 0.6) is 0 Å². The van der Waals surface area contributed by atoms with Crippen LogP contribution in [0.4, 0.5) is 0 Å². The molecule has 0 saturated carbocycles. The Morgan fingerprint density at radius 1 is 1.10 bits per heavy atom. The second kappa shape index (κ2) is 7.59. The van der Waals surface area contributed by atoms with Gasteiger partial charge in [-0.15, -0.1) is 0 Å². The molecule has 6 heteroatoms. The largest absolute Gasteiger partial charge is 0.378 e. The van der Waals surface area contributed by atoms with Crippen LogP contribution < -0.4 is 5.32 Å². The Kier molecular flexibility index (Phi) is 5.79. The van der Waals surface area contributed by atoms with E-state index in [-0.39, 0.29) is 17.9 Å². The highest BCUT2D eigenvalue weighted by molar-refractivity contribution is 5.81. The third-order valence-corrected chi connectivity index (χ3v) is 3.94. The molecule has 2 amide bonds. The highest BCUT2D eigenvalue weighted by Gasteiger charge is 2.22. The van der Waals surface area contributed by atoms with E-state index in [2.05, 4.69) is 5.32 Å². The van der Waals surface area contributed by atoms with Crippen molar-refractivity contribution in [3.05, 3.63) is 0 Å². The van der Waals surface area contributed by atoms with Crippen molar-refractivity contribution in [2.45, 2.75) is 32.2 Å². The van der Waals surface area contributed by atoms with Gasteiger partial charge < -0.3 is 19.9 Å². The van der Waals surface area contributed by atoms with Crippen LogP contribution >= 0.6 is 0 Å². The van der Waals surface area contributed by atoms with E-state index in [4.69, 9.17) is 4.74 Å². The third-order valence-electron chi connectivity index (χ3n) is 3.94. The first-order valence-corrected chi connectivity index (χ1v) is 7.56. The number of amides is 2. The maximum absolute atomic E-state index is 12.1. The lowest BCUT2D eigenvalue weighted by Gasteiger charge is -2.29. The van der Waals surface area contributed by atoms with Crippen molar-refractivity contribution in [3.8, 4) is 0 Å². The van der Waals surface area contributed by atoms with Crippen LogP contribution in [0.1, 0.15) is 26.2 Å². The summed E-state index contributed by atoms with van der Waals surface area (Å²) >= 11 is 0. The molecule has 0 spiro atoms. The van der Waals surface area contributed by atoms with E-state index >= 15 is 0 Å². The first-order chi connectivity index (χ1) is 9.68. The van der Waals surface area contributed by atoms with Gasteiger partial charge in [0.05, 0.1) is 19.3 Å². The number of carbonyl (C=O) groups is 2. The molecular weight excluding hydrogens is 258 g/mol. The predicted octanol–water partition coefficient (Wildman–Crippen LogP) is -0.164. The van der Waals surface area contributed by atoms with E-state index in [1.807, 2.05) is 16.7 Å². The maximum atomic E-state index is 12.1. The van der Waals surface area contributed by atoms with Crippen molar-refractivity contribution < 1.29 is 14.3 Å². The molecule has 0 aliphatic carbocycles. The molecule has 2 aliphatic rings. The average molecular weight is 283 g/mol. The molecule has 20 heavy (non-hydrogen) atoms. The number of nitrogens with one attached hydrogen (secondary N) is 1. The zero-order valence-electron chi connectivity index (χ0n) is 12.3. The first kappa shape index (κ1) is 15.3. The third kappa shape index (κ3) is 4.18. The fourth-order valence-electron chi connectivity index (χ4n) is 2.67. The number of hydrogen-bond acceptors (Lipinski definition) is 4. The minimum atomic E-state index is -0.237. The molecule has 114 valence electrons. The van der Waals surface area contributed by atoms with E-state index in [0.717, 1.165) is 25.9 Å².